The van der Waals surface area contributed by atoms with E-state index in [2.05, 4.69) is 19.2 Å². The zero-order chi connectivity index (χ0) is 4.12. The lowest BCUT2D eigenvalue weighted by Crippen LogP contribution is -2.09. The van der Waals surface area contributed by atoms with E-state index in [1.807, 2.05) is 0 Å². The van der Waals surface area contributed by atoms with Gasteiger partial charge in [-0.1, -0.05) is 13.8 Å². The third-order valence-electron chi connectivity index (χ3n) is 0.500. The number of hydrogen-bond donors (Lipinski definition) is 1. The van der Waals surface area contributed by atoms with Crippen LogP contribution in [0.1, 0.15) is 13.8 Å². The first-order valence-electron chi connectivity index (χ1n) is 2.12. The lowest BCUT2D eigenvalue weighted by molar-refractivity contribution is 0.762. The predicted molar refractivity (Wildman–Crippen MR) is 46.0 cm³/mol. The van der Waals surface area contributed by atoms with Crippen molar-refractivity contribution in [2.45, 2.75) is 13.8 Å². The summed E-state index contributed by atoms with van der Waals surface area (Å²) >= 11 is 0. The average molecular weight is 183 g/mol. The van der Waals surface area contributed by atoms with E-state index in [1.54, 1.807) is 0 Å². The molecule has 1 nitrogen and oxygen atoms in total. The predicted octanol–water partition coefficient (Wildman–Crippen LogP) is 1.88. The molecule has 0 aliphatic rings. The van der Waals surface area contributed by atoms with Crippen molar-refractivity contribution in [3.05, 3.63) is 0 Å². The number of rotatable bonds is 2. The van der Waals surface area contributed by atoms with Gasteiger partial charge in [0, 0.05) is 0 Å². The Bertz CT molecular complexity index is 18.8. The Morgan fingerprint density at radius 1 is 0.875 bits per heavy atom. The normalized spacial score (nSPS) is 5.25. The molecule has 0 radical (unpaired) electrons. The van der Waals surface area contributed by atoms with Crippen LogP contribution in [-0.4, -0.2) is 13.1 Å². The van der Waals surface area contributed by atoms with E-state index in [1.165, 1.54) is 0 Å². The fourth-order valence-corrected chi connectivity index (χ4v) is 0.250. The third-order valence-corrected chi connectivity index (χ3v) is 0.500. The molecule has 0 aliphatic heterocycles. The molecule has 0 fully saturated rings. The fraction of sp³-hybridized carbons (Fsp3) is 1.00. The van der Waals surface area contributed by atoms with Crippen molar-refractivity contribution in [1.29, 1.82) is 0 Å². The average Bonchev–Trinajstić information content (AvgIpc) is 1.41. The minimum Gasteiger partial charge on any atom is -0.317 e. The first kappa shape index (κ1) is 23.2. The number of hydrogen-bond acceptors (Lipinski definition) is 1. The van der Waals surface area contributed by atoms with Crippen LogP contribution in [0.15, 0.2) is 0 Å². The molecule has 0 aromatic heterocycles. The van der Waals surface area contributed by atoms with Crippen LogP contribution in [0.4, 0.5) is 0 Å². The van der Waals surface area contributed by atoms with Crippen LogP contribution in [-0.2, 0) is 0 Å². The third kappa shape index (κ3) is 29.0. The van der Waals surface area contributed by atoms with E-state index in [9.17, 15) is 0 Å². The molecule has 0 aliphatic carbocycles. The summed E-state index contributed by atoms with van der Waals surface area (Å²) in [6, 6.07) is 0. The first-order chi connectivity index (χ1) is 2.41. The molecule has 1 N–H and O–H groups in total. The number of halogens is 3. The van der Waals surface area contributed by atoms with Gasteiger partial charge in [-0.3, -0.25) is 0 Å². The Hall–Kier alpha value is 0.830. The van der Waals surface area contributed by atoms with Gasteiger partial charge in [-0.2, -0.15) is 0 Å². The van der Waals surface area contributed by atoms with E-state index in [0.717, 1.165) is 13.1 Å². The van der Waals surface area contributed by atoms with Crippen molar-refractivity contribution in [3.8, 4) is 0 Å². The van der Waals surface area contributed by atoms with Gasteiger partial charge in [-0.15, -0.1) is 37.2 Å². The van der Waals surface area contributed by atoms with Gasteiger partial charge in [0.15, 0.2) is 0 Å². The molecule has 0 saturated heterocycles. The number of nitrogens with one attached hydrogen (secondary N) is 1. The molecule has 4 heteroatoms. The second-order valence-corrected chi connectivity index (χ2v) is 0.957. The van der Waals surface area contributed by atoms with Gasteiger partial charge in [0.05, 0.1) is 0 Å². The molecule has 56 valence electrons. The van der Waals surface area contributed by atoms with Crippen LogP contribution in [0.3, 0.4) is 0 Å². The second kappa shape index (κ2) is 24.9. The Balaban J connectivity index is -0.0000000267. The van der Waals surface area contributed by atoms with Crippen LogP contribution in [0.25, 0.3) is 0 Å². The highest BCUT2D eigenvalue weighted by molar-refractivity contribution is 5.86. The van der Waals surface area contributed by atoms with Crippen LogP contribution in [0.2, 0.25) is 0 Å². The first-order valence-corrected chi connectivity index (χ1v) is 2.12. The van der Waals surface area contributed by atoms with Gasteiger partial charge in [0.25, 0.3) is 0 Å². The summed E-state index contributed by atoms with van der Waals surface area (Å²) in [6.45, 7) is 6.39. The van der Waals surface area contributed by atoms with Gasteiger partial charge in [-0.05, 0) is 13.1 Å². The summed E-state index contributed by atoms with van der Waals surface area (Å²) in [5, 5.41) is 3.11. The summed E-state index contributed by atoms with van der Waals surface area (Å²) in [6.07, 6.45) is 0. The Morgan fingerprint density at radius 3 is 1.12 bits per heavy atom. The molecule has 0 saturated carbocycles. The van der Waals surface area contributed by atoms with Crippen molar-refractivity contribution in [3.63, 3.8) is 0 Å². The molecule has 0 atom stereocenters. The van der Waals surface area contributed by atoms with Gasteiger partial charge >= 0.3 is 0 Å². The van der Waals surface area contributed by atoms with Crippen LogP contribution < -0.4 is 5.32 Å². The van der Waals surface area contributed by atoms with Gasteiger partial charge in [0.2, 0.25) is 0 Å². The lowest BCUT2D eigenvalue weighted by Gasteiger charge is -1.86. The van der Waals surface area contributed by atoms with E-state index in [-0.39, 0.29) is 37.2 Å². The lowest BCUT2D eigenvalue weighted by atomic mass is 10.7. The summed E-state index contributed by atoms with van der Waals surface area (Å²) in [7, 11) is 0. The maximum atomic E-state index is 3.11. The molecular formula is C4H14Cl3N. The van der Waals surface area contributed by atoms with Crippen LogP contribution in [0, 0.1) is 0 Å². The zero-order valence-electron chi connectivity index (χ0n) is 5.14. The van der Waals surface area contributed by atoms with Gasteiger partial charge < -0.3 is 5.32 Å². The topological polar surface area (TPSA) is 12.0 Å². The van der Waals surface area contributed by atoms with Gasteiger partial charge in [0.1, 0.15) is 0 Å². The molecule has 0 rings (SSSR count). The van der Waals surface area contributed by atoms with E-state index in [4.69, 9.17) is 0 Å². The minimum atomic E-state index is 0. The molecule has 0 bridgehead atoms. The van der Waals surface area contributed by atoms with E-state index in [0.29, 0.717) is 0 Å². The highest BCUT2D eigenvalue weighted by atomic mass is 35.5. The fourth-order valence-electron chi connectivity index (χ4n) is 0.250. The van der Waals surface area contributed by atoms with Crippen LogP contribution >= 0.6 is 37.2 Å². The smallest absolute Gasteiger partial charge is 0.00775 e. The molecule has 0 aromatic rings. The van der Waals surface area contributed by atoms with Crippen LogP contribution in [0.5, 0.6) is 0 Å². The second-order valence-electron chi connectivity index (χ2n) is 0.957. The molecule has 0 aromatic carbocycles. The highest BCUT2D eigenvalue weighted by Crippen LogP contribution is 1.47. The maximum absolute atomic E-state index is 3.11. The van der Waals surface area contributed by atoms with Crippen molar-refractivity contribution in [2.75, 3.05) is 13.1 Å². The van der Waals surface area contributed by atoms with Gasteiger partial charge in [-0.25, -0.2) is 0 Å². The quantitative estimate of drug-likeness (QED) is 0.688. The Morgan fingerprint density at radius 2 is 1.12 bits per heavy atom. The summed E-state index contributed by atoms with van der Waals surface area (Å²) in [5.74, 6) is 0. The molecular weight excluding hydrogens is 168 g/mol. The molecule has 0 heterocycles. The zero-order valence-corrected chi connectivity index (χ0v) is 7.59. The Kier molecular flexibility index (Phi) is 72.2. The minimum absolute atomic E-state index is 0. The van der Waals surface area contributed by atoms with Crippen molar-refractivity contribution in [2.24, 2.45) is 0 Å². The van der Waals surface area contributed by atoms with E-state index >= 15 is 0 Å². The standard InChI is InChI=1S/C4H11N.3ClH/c1-3-5-4-2;;;/h5H,3-4H2,1-2H3;3*1H. The molecule has 0 unspecified atom stereocenters. The SMILES string of the molecule is CCNCC.Cl.Cl.Cl. The monoisotopic (exact) mass is 181 g/mol. The van der Waals surface area contributed by atoms with Crippen molar-refractivity contribution >= 4 is 37.2 Å². The van der Waals surface area contributed by atoms with Crippen molar-refractivity contribution in [1.82, 2.24) is 5.32 Å². The maximum Gasteiger partial charge on any atom is -0.00775 e. The molecule has 0 spiro atoms. The van der Waals surface area contributed by atoms with E-state index < -0.39 is 0 Å². The summed E-state index contributed by atoms with van der Waals surface area (Å²) in [5.41, 5.74) is 0. The highest BCUT2D eigenvalue weighted by Gasteiger charge is 1.62. The molecule has 0 amide bonds. The summed E-state index contributed by atoms with van der Waals surface area (Å²) in [4.78, 5) is 0. The summed E-state index contributed by atoms with van der Waals surface area (Å²) < 4.78 is 0. The largest absolute Gasteiger partial charge is 0.317 e. The molecule has 8 heavy (non-hydrogen) atoms. The van der Waals surface area contributed by atoms with Crippen molar-refractivity contribution < 1.29 is 0 Å². The Labute approximate surface area is 69.8 Å².